The van der Waals surface area contributed by atoms with E-state index < -0.39 is 11.0 Å². The second kappa shape index (κ2) is 8.61. The molecule has 0 bridgehead atoms. The minimum Gasteiger partial charge on any atom is -0.445 e. The molecular formula is C19H28N2O3S. The molecule has 1 aromatic rings. The smallest absolute Gasteiger partial charge is 0.410 e. The Morgan fingerprint density at radius 2 is 1.84 bits per heavy atom. The van der Waals surface area contributed by atoms with Crippen LogP contribution in [0, 0.1) is 5.92 Å². The fraction of sp³-hybridized carbons (Fsp3) is 0.579. The second-order valence-electron chi connectivity index (χ2n) is 7.40. The Morgan fingerprint density at radius 3 is 2.40 bits per heavy atom. The van der Waals surface area contributed by atoms with Gasteiger partial charge in [0.1, 0.15) is 17.6 Å². The van der Waals surface area contributed by atoms with E-state index >= 15 is 0 Å². The van der Waals surface area contributed by atoms with Crippen molar-refractivity contribution in [2.45, 2.75) is 51.9 Å². The number of carbonyl (C=O) groups is 1. The molecule has 1 amide bonds. The van der Waals surface area contributed by atoms with Crippen LogP contribution in [0.15, 0.2) is 34.7 Å². The minimum atomic E-state index is -1.23. The van der Waals surface area contributed by atoms with Crippen LogP contribution in [0.2, 0.25) is 0 Å². The summed E-state index contributed by atoms with van der Waals surface area (Å²) in [4.78, 5) is 13.9. The molecule has 5 nitrogen and oxygen atoms in total. The van der Waals surface area contributed by atoms with E-state index in [4.69, 9.17) is 4.74 Å². The van der Waals surface area contributed by atoms with Crippen LogP contribution < -0.4 is 0 Å². The summed E-state index contributed by atoms with van der Waals surface area (Å²) in [5.74, 6) is 0.282. The van der Waals surface area contributed by atoms with Gasteiger partial charge in [-0.3, -0.25) is 0 Å². The third-order valence-electron chi connectivity index (χ3n) is 4.30. The number of likely N-dealkylation sites (tertiary alicyclic amines) is 1. The van der Waals surface area contributed by atoms with E-state index in [0.29, 0.717) is 19.7 Å². The van der Waals surface area contributed by atoms with Gasteiger partial charge in [0.25, 0.3) is 0 Å². The zero-order valence-electron chi connectivity index (χ0n) is 15.5. The number of carbonyl (C=O) groups excluding carboxylic acids is 1. The van der Waals surface area contributed by atoms with Gasteiger partial charge in [-0.1, -0.05) is 30.3 Å². The maximum atomic E-state index is 12.2. The summed E-state index contributed by atoms with van der Waals surface area (Å²) in [5, 5.41) is 0. The highest BCUT2D eigenvalue weighted by Gasteiger charge is 2.27. The Hall–Kier alpha value is -1.69. The Kier molecular flexibility index (Phi) is 6.76. The van der Waals surface area contributed by atoms with Crippen LogP contribution in [0.25, 0.3) is 0 Å². The molecule has 0 N–H and O–H groups in total. The summed E-state index contributed by atoms with van der Waals surface area (Å²) < 4.78 is 21.6. The normalized spacial score (nSPS) is 18.1. The Morgan fingerprint density at radius 1 is 1.24 bits per heavy atom. The van der Waals surface area contributed by atoms with Gasteiger partial charge in [-0.15, -0.1) is 0 Å². The second-order valence-corrected chi connectivity index (χ2v) is 9.30. The van der Waals surface area contributed by atoms with E-state index in [1.54, 1.807) is 4.90 Å². The number of rotatable bonds is 4. The number of nitrogens with zero attached hydrogens (tertiary/aromatic N) is 2. The van der Waals surface area contributed by atoms with E-state index in [9.17, 15) is 9.00 Å². The zero-order valence-corrected chi connectivity index (χ0v) is 16.3. The van der Waals surface area contributed by atoms with Crippen molar-refractivity contribution >= 4 is 22.8 Å². The van der Waals surface area contributed by atoms with Gasteiger partial charge in [0.15, 0.2) is 0 Å². The van der Waals surface area contributed by atoms with Gasteiger partial charge in [0.05, 0.1) is 4.75 Å². The van der Waals surface area contributed by atoms with Crippen LogP contribution in [-0.2, 0) is 22.3 Å². The molecule has 1 saturated heterocycles. The lowest BCUT2D eigenvalue weighted by Gasteiger charge is -2.31. The average Bonchev–Trinajstić information content (AvgIpc) is 2.59. The molecule has 0 unspecified atom stereocenters. The zero-order chi connectivity index (χ0) is 18.4. The summed E-state index contributed by atoms with van der Waals surface area (Å²) in [5.41, 5.74) is 1.91. The van der Waals surface area contributed by atoms with Gasteiger partial charge in [-0.25, -0.2) is 9.00 Å². The SMILES string of the molecule is CC(=N[S@](=O)C(C)(C)C)C1CCN(C(=O)OCc2ccccc2)CC1. The molecule has 0 spiro atoms. The van der Waals surface area contributed by atoms with Gasteiger partial charge >= 0.3 is 6.09 Å². The molecule has 0 saturated carbocycles. The van der Waals surface area contributed by atoms with Crippen LogP contribution in [0.3, 0.4) is 0 Å². The maximum Gasteiger partial charge on any atom is 0.410 e. The van der Waals surface area contributed by atoms with Gasteiger partial charge in [0, 0.05) is 24.7 Å². The first-order chi connectivity index (χ1) is 11.8. The maximum absolute atomic E-state index is 12.2. The molecule has 0 aliphatic carbocycles. The summed E-state index contributed by atoms with van der Waals surface area (Å²) in [6.07, 6.45) is 1.39. The fourth-order valence-electron chi connectivity index (χ4n) is 2.63. The molecule has 1 heterocycles. The van der Waals surface area contributed by atoms with Crippen molar-refractivity contribution in [3.05, 3.63) is 35.9 Å². The Balaban J connectivity index is 1.81. The van der Waals surface area contributed by atoms with Crippen molar-refractivity contribution < 1.29 is 13.7 Å². The fourth-order valence-corrected chi connectivity index (χ4v) is 3.32. The number of piperidine rings is 1. The minimum absolute atomic E-state index is 0.268. The number of benzene rings is 1. The highest BCUT2D eigenvalue weighted by molar-refractivity contribution is 7.85. The van der Waals surface area contributed by atoms with Crippen LogP contribution in [0.1, 0.15) is 46.1 Å². The number of ether oxygens (including phenoxy) is 1. The molecule has 1 atom stereocenters. The molecule has 2 rings (SSSR count). The van der Waals surface area contributed by atoms with Crippen molar-refractivity contribution in [1.29, 1.82) is 0 Å². The van der Waals surface area contributed by atoms with Crippen molar-refractivity contribution in [3.8, 4) is 0 Å². The molecule has 1 aromatic carbocycles. The monoisotopic (exact) mass is 364 g/mol. The van der Waals surface area contributed by atoms with Gasteiger partial charge in [-0.2, -0.15) is 4.40 Å². The van der Waals surface area contributed by atoms with Gasteiger partial charge in [0.2, 0.25) is 0 Å². The summed E-state index contributed by atoms with van der Waals surface area (Å²) in [6, 6.07) is 9.67. The molecule has 138 valence electrons. The third kappa shape index (κ3) is 5.96. The average molecular weight is 365 g/mol. The molecule has 1 aliphatic rings. The standard InChI is InChI=1S/C19H28N2O3S/c1-15(20-25(23)19(2,3)4)17-10-12-21(13-11-17)18(22)24-14-16-8-6-5-7-9-16/h5-9,17H,10-14H2,1-4H3/t25-/m1/s1. The summed E-state index contributed by atoms with van der Waals surface area (Å²) >= 11 is 0. The Labute approximate surface area is 153 Å². The highest BCUT2D eigenvalue weighted by Crippen LogP contribution is 2.22. The lowest BCUT2D eigenvalue weighted by molar-refractivity contribution is 0.0864. The third-order valence-corrected chi connectivity index (χ3v) is 5.80. The summed E-state index contributed by atoms with van der Waals surface area (Å²) in [7, 11) is -1.23. The van der Waals surface area contributed by atoms with E-state index in [2.05, 4.69) is 4.40 Å². The predicted octanol–water partition coefficient (Wildman–Crippen LogP) is 3.96. The molecule has 0 aromatic heterocycles. The topological polar surface area (TPSA) is 59.0 Å². The van der Waals surface area contributed by atoms with Crippen LogP contribution >= 0.6 is 0 Å². The lowest BCUT2D eigenvalue weighted by atomic mass is 9.93. The van der Waals surface area contributed by atoms with Crippen LogP contribution in [0.4, 0.5) is 4.79 Å². The van der Waals surface area contributed by atoms with E-state index in [0.717, 1.165) is 24.1 Å². The van der Waals surface area contributed by atoms with Crippen LogP contribution in [0.5, 0.6) is 0 Å². The highest BCUT2D eigenvalue weighted by atomic mass is 32.2. The molecule has 1 aliphatic heterocycles. The number of hydrogen-bond donors (Lipinski definition) is 0. The van der Waals surface area contributed by atoms with Crippen molar-refractivity contribution in [2.24, 2.45) is 10.3 Å². The summed E-state index contributed by atoms with van der Waals surface area (Å²) in [6.45, 7) is 9.30. The van der Waals surface area contributed by atoms with Gasteiger partial charge < -0.3 is 9.64 Å². The van der Waals surface area contributed by atoms with E-state index in [-0.39, 0.29) is 16.8 Å². The van der Waals surface area contributed by atoms with Crippen molar-refractivity contribution in [3.63, 3.8) is 0 Å². The molecule has 6 heteroatoms. The van der Waals surface area contributed by atoms with E-state index in [1.165, 1.54) is 0 Å². The number of amides is 1. The van der Waals surface area contributed by atoms with Crippen LogP contribution in [-0.4, -0.2) is 38.8 Å². The van der Waals surface area contributed by atoms with Crippen molar-refractivity contribution in [2.75, 3.05) is 13.1 Å². The molecule has 0 radical (unpaired) electrons. The van der Waals surface area contributed by atoms with Crippen molar-refractivity contribution in [1.82, 2.24) is 4.90 Å². The van der Waals surface area contributed by atoms with Gasteiger partial charge in [-0.05, 0) is 46.1 Å². The molecule has 25 heavy (non-hydrogen) atoms. The molecular weight excluding hydrogens is 336 g/mol. The molecule has 1 fully saturated rings. The number of hydrogen-bond acceptors (Lipinski definition) is 3. The first kappa shape index (κ1) is 19.6. The predicted molar refractivity (Wildman–Crippen MR) is 102 cm³/mol. The first-order valence-electron chi connectivity index (χ1n) is 8.70. The quantitative estimate of drug-likeness (QED) is 0.760. The largest absolute Gasteiger partial charge is 0.445 e. The lowest BCUT2D eigenvalue weighted by Crippen LogP contribution is -2.40. The van der Waals surface area contributed by atoms with E-state index in [1.807, 2.05) is 58.0 Å². The first-order valence-corrected chi connectivity index (χ1v) is 9.81. The Bertz CT molecular complexity index is 630.